The van der Waals surface area contributed by atoms with Crippen LogP contribution in [0.2, 0.25) is 0 Å². The number of hydrogen-bond acceptors (Lipinski definition) is 6. The first-order chi connectivity index (χ1) is 36.0. The van der Waals surface area contributed by atoms with Gasteiger partial charge in [0.2, 0.25) is 0 Å². The van der Waals surface area contributed by atoms with E-state index < -0.39 is 6.10 Å². The van der Waals surface area contributed by atoms with Crippen molar-refractivity contribution < 1.29 is 28.6 Å². The molecule has 0 aliphatic carbocycles. The highest BCUT2D eigenvalue weighted by Gasteiger charge is 2.19. The van der Waals surface area contributed by atoms with E-state index in [1.54, 1.807) is 0 Å². The number of rotatable bonds is 58. The third-order valence-electron chi connectivity index (χ3n) is 14.0. The molecule has 0 N–H and O–H groups in total. The van der Waals surface area contributed by atoms with E-state index in [-0.39, 0.29) is 37.5 Å². The number of carbonyl (C=O) groups is 3. The monoisotopic (exact) mass is 1020 g/mol. The van der Waals surface area contributed by atoms with E-state index in [1.165, 1.54) is 199 Å². The maximum absolute atomic E-state index is 12.8. The Morgan fingerprint density at radius 1 is 0.288 bits per heavy atom. The lowest BCUT2D eigenvalue weighted by Gasteiger charge is -2.18. The normalized spacial score (nSPS) is 12.4. The molecule has 6 heteroatoms. The lowest BCUT2D eigenvalue weighted by Crippen LogP contribution is -2.30. The van der Waals surface area contributed by atoms with Gasteiger partial charge in [0.1, 0.15) is 13.2 Å². The molecule has 0 spiro atoms. The molecular weight excluding hydrogens is 901 g/mol. The Morgan fingerprint density at radius 2 is 0.548 bits per heavy atom. The van der Waals surface area contributed by atoms with Gasteiger partial charge in [-0.15, -0.1) is 0 Å². The van der Waals surface area contributed by atoms with E-state index in [0.29, 0.717) is 19.3 Å². The molecule has 0 aliphatic heterocycles. The van der Waals surface area contributed by atoms with Gasteiger partial charge in [-0.1, -0.05) is 293 Å². The first-order valence-electron chi connectivity index (χ1n) is 31.8. The smallest absolute Gasteiger partial charge is 0.306 e. The highest BCUT2D eigenvalue weighted by atomic mass is 16.6. The van der Waals surface area contributed by atoms with Crippen molar-refractivity contribution in [2.24, 2.45) is 0 Å². The van der Waals surface area contributed by atoms with E-state index in [2.05, 4.69) is 81.5 Å². The van der Waals surface area contributed by atoms with Gasteiger partial charge in [-0.2, -0.15) is 0 Å². The number of carbonyl (C=O) groups excluding carboxylic acids is 3. The molecule has 6 nitrogen and oxygen atoms in total. The summed E-state index contributed by atoms with van der Waals surface area (Å²) in [5.74, 6) is -0.930. The zero-order valence-electron chi connectivity index (χ0n) is 48.7. The SMILES string of the molecule is CC/C=C\C/C=C\C/C=C\C/C=C\CCCCC(=O)OC(COC(=O)CCCCCCC/C=C\CCCC)COC(=O)CCCCCCCCCCCCCCCCCCCCCCCCCCCCCCC. The van der Waals surface area contributed by atoms with Crippen LogP contribution >= 0.6 is 0 Å². The Morgan fingerprint density at radius 3 is 0.918 bits per heavy atom. The van der Waals surface area contributed by atoms with Crippen LogP contribution < -0.4 is 0 Å². The molecule has 0 amide bonds. The summed E-state index contributed by atoms with van der Waals surface area (Å²) in [6, 6.07) is 0. The van der Waals surface area contributed by atoms with E-state index >= 15 is 0 Å². The predicted molar refractivity (Wildman–Crippen MR) is 316 cm³/mol. The van der Waals surface area contributed by atoms with Gasteiger partial charge in [0.05, 0.1) is 0 Å². The lowest BCUT2D eigenvalue weighted by molar-refractivity contribution is -0.167. The van der Waals surface area contributed by atoms with E-state index in [9.17, 15) is 14.4 Å². The number of ether oxygens (including phenoxy) is 3. The van der Waals surface area contributed by atoms with E-state index in [1.807, 2.05) is 0 Å². The molecule has 0 saturated carbocycles. The third kappa shape index (κ3) is 59.9. The summed E-state index contributed by atoms with van der Waals surface area (Å²) in [5, 5.41) is 0. The van der Waals surface area contributed by atoms with Crippen LogP contribution in [0, 0.1) is 0 Å². The summed E-state index contributed by atoms with van der Waals surface area (Å²) in [7, 11) is 0. The van der Waals surface area contributed by atoms with Gasteiger partial charge in [-0.25, -0.2) is 0 Å². The topological polar surface area (TPSA) is 78.9 Å². The fourth-order valence-electron chi connectivity index (χ4n) is 9.24. The number of esters is 3. The van der Waals surface area contributed by atoms with E-state index in [0.717, 1.165) is 83.5 Å². The maximum atomic E-state index is 12.8. The highest BCUT2D eigenvalue weighted by Crippen LogP contribution is 2.18. The minimum atomic E-state index is -0.798. The van der Waals surface area contributed by atoms with Gasteiger partial charge in [-0.3, -0.25) is 14.4 Å². The quantitative estimate of drug-likeness (QED) is 0.0261. The summed E-state index contributed by atoms with van der Waals surface area (Å²) in [6.45, 7) is 6.48. The van der Waals surface area contributed by atoms with Crippen LogP contribution in [0.15, 0.2) is 60.8 Å². The number of allylic oxidation sites excluding steroid dienone is 10. The molecule has 0 saturated heterocycles. The van der Waals surface area contributed by atoms with Crippen molar-refractivity contribution in [2.45, 2.75) is 335 Å². The first-order valence-corrected chi connectivity index (χ1v) is 31.8. The molecule has 1 unspecified atom stereocenters. The third-order valence-corrected chi connectivity index (χ3v) is 14.0. The summed E-state index contributed by atoms with van der Waals surface area (Å²) < 4.78 is 16.8. The van der Waals surface area contributed by atoms with Crippen molar-refractivity contribution in [1.29, 1.82) is 0 Å². The molecule has 0 rings (SSSR count). The molecule has 0 aromatic carbocycles. The fourth-order valence-corrected chi connectivity index (χ4v) is 9.24. The van der Waals surface area contributed by atoms with Gasteiger partial charge in [-0.05, 0) is 77.0 Å². The second-order valence-corrected chi connectivity index (χ2v) is 21.3. The van der Waals surface area contributed by atoms with Crippen molar-refractivity contribution in [1.82, 2.24) is 0 Å². The molecule has 1 atom stereocenters. The Bertz CT molecular complexity index is 1310. The molecule has 0 aliphatic rings. The van der Waals surface area contributed by atoms with Crippen molar-refractivity contribution in [3.05, 3.63) is 60.8 Å². The fraction of sp³-hybridized carbons (Fsp3) is 0.806. The van der Waals surface area contributed by atoms with Crippen LogP contribution in [-0.4, -0.2) is 37.2 Å². The van der Waals surface area contributed by atoms with Crippen molar-refractivity contribution in [3.63, 3.8) is 0 Å². The molecule has 0 radical (unpaired) electrons. The number of unbranched alkanes of at least 4 members (excludes halogenated alkanes) is 37. The van der Waals surface area contributed by atoms with Crippen LogP contribution in [0.4, 0.5) is 0 Å². The second kappa shape index (κ2) is 61.7. The van der Waals surface area contributed by atoms with Gasteiger partial charge in [0.15, 0.2) is 6.10 Å². The zero-order chi connectivity index (χ0) is 52.9. The first kappa shape index (κ1) is 70.1. The molecule has 73 heavy (non-hydrogen) atoms. The lowest BCUT2D eigenvalue weighted by atomic mass is 10.0. The Kier molecular flexibility index (Phi) is 59.2. The Balaban J connectivity index is 4.15. The van der Waals surface area contributed by atoms with Crippen LogP contribution in [0.1, 0.15) is 329 Å². The molecule has 0 aromatic heterocycles. The minimum Gasteiger partial charge on any atom is -0.462 e. The standard InChI is InChI=1S/C67H120O6/c1-4-7-10-13-16-19-22-24-26-27-28-29-30-31-32-33-34-35-36-37-38-39-41-42-45-48-51-54-57-60-66(69)72-63-64(62-71-65(68)59-56-53-50-47-44-21-18-15-12-9-6-3)73-67(70)61-58-55-52-49-46-43-40-25-23-20-17-14-11-8-5-2/h8,11,15,17-18,20,25,40,46,49,64H,4-7,9-10,12-14,16,19,21-24,26-39,41-45,47-48,50-63H2,1-3H3/b11-8-,18-15-,20-17-,40-25-,49-46-. The van der Waals surface area contributed by atoms with Gasteiger partial charge in [0.25, 0.3) is 0 Å². The molecular formula is C67H120O6. The second-order valence-electron chi connectivity index (χ2n) is 21.3. The highest BCUT2D eigenvalue weighted by molar-refractivity contribution is 5.71. The average Bonchev–Trinajstić information content (AvgIpc) is 3.39. The van der Waals surface area contributed by atoms with Gasteiger partial charge in [0, 0.05) is 19.3 Å². The Labute approximate surface area is 453 Å². The maximum Gasteiger partial charge on any atom is 0.306 e. The Hall–Kier alpha value is -2.89. The summed E-state index contributed by atoms with van der Waals surface area (Å²) in [5.41, 5.74) is 0. The minimum absolute atomic E-state index is 0.0910. The molecule has 0 heterocycles. The zero-order valence-corrected chi connectivity index (χ0v) is 48.7. The van der Waals surface area contributed by atoms with Gasteiger partial charge < -0.3 is 14.2 Å². The average molecular weight is 1020 g/mol. The predicted octanol–water partition coefficient (Wildman–Crippen LogP) is 21.6. The molecule has 0 aromatic rings. The van der Waals surface area contributed by atoms with Crippen molar-refractivity contribution >= 4 is 17.9 Å². The molecule has 0 bridgehead atoms. The molecule has 0 fully saturated rings. The van der Waals surface area contributed by atoms with Crippen molar-refractivity contribution in [3.8, 4) is 0 Å². The largest absolute Gasteiger partial charge is 0.462 e. The molecule has 424 valence electrons. The summed E-state index contributed by atoms with van der Waals surface area (Å²) in [6.07, 6.45) is 78.3. The van der Waals surface area contributed by atoms with Crippen LogP contribution in [0.25, 0.3) is 0 Å². The van der Waals surface area contributed by atoms with Crippen LogP contribution in [0.3, 0.4) is 0 Å². The van der Waals surface area contributed by atoms with E-state index in [4.69, 9.17) is 14.2 Å². The number of hydrogen-bond donors (Lipinski definition) is 0. The van der Waals surface area contributed by atoms with Crippen molar-refractivity contribution in [2.75, 3.05) is 13.2 Å². The summed E-state index contributed by atoms with van der Waals surface area (Å²) >= 11 is 0. The van der Waals surface area contributed by atoms with Gasteiger partial charge >= 0.3 is 17.9 Å². The van der Waals surface area contributed by atoms with Crippen LogP contribution in [-0.2, 0) is 28.6 Å². The van der Waals surface area contributed by atoms with Crippen LogP contribution in [0.5, 0.6) is 0 Å². The summed E-state index contributed by atoms with van der Waals surface area (Å²) in [4.78, 5) is 38.1.